The summed E-state index contributed by atoms with van der Waals surface area (Å²) in [5.41, 5.74) is 0.889. The second kappa shape index (κ2) is 14.0. The van der Waals surface area contributed by atoms with Crippen LogP contribution in [0.25, 0.3) is 0 Å². The first-order valence-corrected chi connectivity index (χ1v) is 9.94. The van der Waals surface area contributed by atoms with Crippen molar-refractivity contribution in [3.8, 4) is 0 Å². The zero-order valence-electron chi connectivity index (χ0n) is 17.4. The molecular weight excluding hydrogens is 360 g/mol. The molecule has 0 saturated carbocycles. The summed E-state index contributed by atoms with van der Waals surface area (Å²) >= 11 is 0. The fourth-order valence-corrected chi connectivity index (χ4v) is 2.63. The third kappa shape index (κ3) is 10.3. The Bertz CT molecular complexity index is 559. The molecule has 7 heteroatoms. The normalized spacial score (nSPS) is 12.1. The molecule has 1 aromatic carbocycles. The lowest BCUT2D eigenvalue weighted by atomic mass is 10.0. The minimum Gasteiger partial charge on any atom is -0.445 e. The molecule has 2 N–H and O–H groups in total. The summed E-state index contributed by atoms with van der Waals surface area (Å²) in [4.78, 5) is 24.6. The summed E-state index contributed by atoms with van der Waals surface area (Å²) in [6, 6.07) is 8.75. The second-order valence-corrected chi connectivity index (χ2v) is 6.81. The summed E-state index contributed by atoms with van der Waals surface area (Å²) in [6.07, 6.45) is 0.112. The van der Waals surface area contributed by atoms with Gasteiger partial charge >= 0.3 is 6.09 Å². The van der Waals surface area contributed by atoms with Gasteiger partial charge in [-0.15, -0.1) is 0 Å². The molecule has 1 aromatic rings. The Hall–Kier alpha value is -2.12. The van der Waals surface area contributed by atoms with Crippen molar-refractivity contribution in [1.29, 1.82) is 0 Å². The van der Waals surface area contributed by atoms with Gasteiger partial charge in [0.05, 0.1) is 0 Å². The maximum atomic E-state index is 12.5. The van der Waals surface area contributed by atoms with Crippen LogP contribution in [0.5, 0.6) is 0 Å². The van der Waals surface area contributed by atoms with Gasteiger partial charge in [-0.2, -0.15) is 0 Å². The molecule has 0 saturated heterocycles. The number of benzene rings is 1. The third-order valence-electron chi connectivity index (χ3n) is 3.91. The number of alkyl carbamates (subject to hydrolysis) is 1. The SMILES string of the molecule is CCOC(CCNC(=O)[C@H](CC(C)C)NC(=O)OCc1ccccc1)OCC. The molecule has 0 aliphatic rings. The van der Waals surface area contributed by atoms with E-state index in [1.165, 1.54) is 0 Å². The predicted molar refractivity (Wildman–Crippen MR) is 108 cm³/mol. The smallest absolute Gasteiger partial charge is 0.408 e. The Morgan fingerprint density at radius 3 is 2.25 bits per heavy atom. The van der Waals surface area contributed by atoms with E-state index in [1.54, 1.807) is 0 Å². The van der Waals surface area contributed by atoms with Gasteiger partial charge in [0.25, 0.3) is 0 Å². The molecule has 0 heterocycles. The van der Waals surface area contributed by atoms with Gasteiger partial charge in [0.15, 0.2) is 6.29 Å². The van der Waals surface area contributed by atoms with Gasteiger partial charge in [-0.3, -0.25) is 4.79 Å². The zero-order chi connectivity index (χ0) is 20.8. The largest absolute Gasteiger partial charge is 0.445 e. The van der Waals surface area contributed by atoms with Crippen LogP contribution >= 0.6 is 0 Å². The molecule has 0 aliphatic heterocycles. The number of carbonyl (C=O) groups excluding carboxylic acids is 2. The molecule has 28 heavy (non-hydrogen) atoms. The number of carbonyl (C=O) groups is 2. The number of ether oxygens (including phenoxy) is 3. The van der Waals surface area contributed by atoms with Gasteiger partial charge in [0.2, 0.25) is 5.91 Å². The van der Waals surface area contributed by atoms with Crippen LogP contribution in [0.1, 0.15) is 46.1 Å². The fraction of sp³-hybridized carbons (Fsp3) is 0.619. The van der Waals surface area contributed by atoms with Crippen molar-refractivity contribution < 1.29 is 23.8 Å². The molecule has 0 fully saturated rings. The van der Waals surface area contributed by atoms with Gasteiger partial charge in [0, 0.05) is 26.2 Å². The molecule has 0 spiro atoms. The standard InChI is InChI=1S/C21H34N2O5/c1-5-26-19(27-6-2)12-13-22-20(24)18(14-16(3)4)23-21(25)28-15-17-10-8-7-9-11-17/h7-11,16,18-19H,5-6,12-15H2,1-4H3,(H,22,24)(H,23,25)/t18-/m0/s1. The highest BCUT2D eigenvalue weighted by molar-refractivity contribution is 5.85. The summed E-state index contributed by atoms with van der Waals surface area (Å²) in [6.45, 7) is 9.44. The van der Waals surface area contributed by atoms with Gasteiger partial charge < -0.3 is 24.8 Å². The minimum absolute atomic E-state index is 0.160. The Kier molecular flexibility index (Phi) is 11.9. The van der Waals surface area contributed by atoms with E-state index in [4.69, 9.17) is 14.2 Å². The highest BCUT2D eigenvalue weighted by Gasteiger charge is 2.22. The van der Waals surface area contributed by atoms with Crippen molar-refractivity contribution in [1.82, 2.24) is 10.6 Å². The maximum Gasteiger partial charge on any atom is 0.408 e. The summed E-state index contributed by atoms with van der Waals surface area (Å²) in [7, 11) is 0. The number of hydrogen-bond acceptors (Lipinski definition) is 5. The molecular formula is C21H34N2O5. The highest BCUT2D eigenvalue weighted by atomic mass is 16.7. The lowest BCUT2D eigenvalue weighted by Crippen LogP contribution is -2.48. The Morgan fingerprint density at radius 2 is 1.68 bits per heavy atom. The van der Waals surface area contributed by atoms with Crippen molar-refractivity contribution >= 4 is 12.0 Å². The first kappa shape index (κ1) is 23.9. The quantitative estimate of drug-likeness (QED) is 0.502. The number of hydrogen-bond donors (Lipinski definition) is 2. The van der Waals surface area contributed by atoms with E-state index in [2.05, 4.69) is 10.6 Å². The summed E-state index contributed by atoms with van der Waals surface area (Å²) in [5.74, 6) is 0.00174. The fourth-order valence-electron chi connectivity index (χ4n) is 2.63. The van der Waals surface area contributed by atoms with Crippen LogP contribution in [0.4, 0.5) is 4.79 Å². The third-order valence-corrected chi connectivity index (χ3v) is 3.91. The average molecular weight is 395 g/mol. The first-order valence-electron chi connectivity index (χ1n) is 9.94. The second-order valence-electron chi connectivity index (χ2n) is 6.81. The predicted octanol–water partition coefficient (Wildman–Crippen LogP) is 3.23. The molecule has 0 aromatic heterocycles. The Morgan fingerprint density at radius 1 is 1.04 bits per heavy atom. The molecule has 0 unspecified atom stereocenters. The van der Waals surface area contributed by atoms with Crippen molar-refractivity contribution in [2.45, 2.75) is 59.5 Å². The van der Waals surface area contributed by atoms with Crippen molar-refractivity contribution in [3.63, 3.8) is 0 Å². The van der Waals surface area contributed by atoms with Crippen LogP contribution in [0.15, 0.2) is 30.3 Å². The van der Waals surface area contributed by atoms with Crippen molar-refractivity contribution in [2.24, 2.45) is 5.92 Å². The molecule has 0 bridgehead atoms. The van der Waals surface area contributed by atoms with Gasteiger partial charge in [-0.25, -0.2) is 4.79 Å². The number of amides is 2. The number of rotatable bonds is 13. The van der Waals surface area contributed by atoms with Gasteiger partial charge in [0.1, 0.15) is 12.6 Å². The minimum atomic E-state index is -0.652. The van der Waals surface area contributed by atoms with Gasteiger partial charge in [-0.05, 0) is 31.7 Å². The van der Waals surface area contributed by atoms with Crippen LogP contribution in [0, 0.1) is 5.92 Å². The molecule has 2 amide bonds. The highest BCUT2D eigenvalue weighted by Crippen LogP contribution is 2.07. The number of nitrogens with one attached hydrogen (secondary N) is 2. The lowest BCUT2D eigenvalue weighted by Gasteiger charge is -2.21. The summed E-state index contributed by atoms with van der Waals surface area (Å²) in [5, 5.41) is 5.52. The molecule has 158 valence electrons. The van der Waals surface area contributed by atoms with E-state index in [0.717, 1.165) is 5.56 Å². The van der Waals surface area contributed by atoms with E-state index < -0.39 is 12.1 Å². The summed E-state index contributed by atoms with van der Waals surface area (Å²) < 4.78 is 16.2. The van der Waals surface area contributed by atoms with E-state index in [0.29, 0.717) is 32.6 Å². The molecule has 1 rings (SSSR count). The molecule has 1 atom stereocenters. The topological polar surface area (TPSA) is 85.9 Å². The molecule has 0 aliphatic carbocycles. The van der Waals surface area contributed by atoms with Crippen LogP contribution in [0.2, 0.25) is 0 Å². The van der Waals surface area contributed by atoms with Crippen LogP contribution in [-0.4, -0.2) is 44.1 Å². The van der Waals surface area contributed by atoms with E-state index >= 15 is 0 Å². The lowest BCUT2D eigenvalue weighted by molar-refractivity contribution is -0.140. The maximum absolute atomic E-state index is 12.5. The van der Waals surface area contributed by atoms with E-state index in [-0.39, 0.29) is 24.7 Å². The van der Waals surface area contributed by atoms with Crippen LogP contribution in [-0.2, 0) is 25.6 Å². The first-order chi connectivity index (χ1) is 13.5. The van der Waals surface area contributed by atoms with Crippen LogP contribution in [0.3, 0.4) is 0 Å². The average Bonchev–Trinajstić information content (AvgIpc) is 2.66. The Labute approximate surface area is 168 Å². The van der Waals surface area contributed by atoms with E-state index in [9.17, 15) is 9.59 Å². The van der Waals surface area contributed by atoms with Gasteiger partial charge in [-0.1, -0.05) is 44.2 Å². The zero-order valence-corrected chi connectivity index (χ0v) is 17.4. The van der Waals surface area contributed by atoms with Crippen LogP contribution < -0.4 is 10.6 Å². The Balaban J connectivity index is 2.48. The van der Waals surface area contributed by atoms with Crippen molar-refractivity contribution in [3.05, 3.63) is 35.9 Å². The van der Waals surface area contributed by atoms with Crippen molar-refractivity contribution in [2.75, 3.05) is 19.8 Å². The molecule has 7 nitrogen and oxygen atoms in total. The van der Waals surface area contributed by atoms with E-state index in [1.807, 2.05) is 58.0 Å². The molecule has 0 radical (unpaired) electrons. The monoisotopic (exact) mass is 394 g/mol.